The van der Waals surface area contributed by atoms with Crippen molar-refractivity contribution in [2.75, 3.05) is 0 Å². The Hall–Kier alpha value is -2.69. The van der Waals surface area contributed by atoms with Crippen LogP contribution in [0.3, 0.4) is 0 Å². The molecular formula is C13H9N4O. The van der Waals surface area contributed by atoms with Crippen LogP contribution in [0.2, 0.25) is 0 Å². The molecule has 5 nitrogen and oxygen atoms in total. The molecule has 2 heterocycles. The smallest absolute Gasteiger partial charge is 0.268 e. The minimum atomic E-state index is -0.588. The van der Waals surface area contributed by atoms with Crippen molar-refractivity contribution >= 4 is 16.8 Å². The minimum Gasteiger partial charge on any atom is -0.364 e. The SMILES string of the molecule is NC(=O)c1nc(-c2ccccc2)cc2[nH]n[c]c12. The number of primary amides is 1. The maximum absolute atomic E-state index is 11.4. The zero-order chi connectivity index (χ0) is 12.5. The Morgan fingerprint density at radius 1 is 1.28 bits per heavy atom. The molecule has 0 spiro atoms. The fraction of sp³-hybridized carbons (Fsp3) is 0. The predicted molar refractivity (Wildman–Crippen MR) is 66.7 cm³/mol. The number of aromatic nitrogens is 3. The number of carbonyl (C=O) groups is 1. The Morgan fingerprint density at radius 3 is 2.78 bits per heavy atom. The molecule has 0 saturated carbocycles. The van der Waals surface area contributed by atoms with Gasteiger partial charge < -0.3 is 5.73 Å². The summed E-state index contributed by atoms with van der Waals surface area (Å²) in [5, 5.41) is 7.07. The van der Waals surface area contributed by atoms with Gasteiger partial charge in [0, 0.05) is 5.56 Å². The Kier molecular flexibility index (Phi) is 2.30. The first-order valence-corrected chi connectivity index (χ1v) is 5.38. The van der Waals surface area contributed by atoms with Crippen molar-refractivity contribution in [3.05, 3.63) is 48.3 Å². The number of nitrogens with one attached hydrogen (secondary N) is 1. The molecule has 5 heteroatoms. The van der Waals surface area contributed by atoms with E-state index in [0.29, 0.717) is 16.6 Å². The van der Waals surface area contributed by atoms with Crippen LogP contribution in [0.4, 0.5) is 0 Å². The highest BCUT2D eigenvalue weighted by Crippen LogP contribution is 2.22. The van der Waals surface area contributed by atoms with Crippen LogP contribution in [-0.4, -0.2) is 21.1 Å². The van der Waals surface area contributed by atoms with Crippen LogP contribution in [0.1, 0.15) is 10.5 Å². The third-order valence-corrected chi connectivity index (χ3v) is 2.67. The van der Waals surface area contributed by atoms with Crippen molar-refractivity contribution in [2.24, 2.45) is 5.73 Å². The second-order valence-corrected chi connectivity index (χ2v) is 3.84. The second kappa shape index (κ2) is 3.96. The topological polar surface area (TPSA) is 84.7 Å². The lowest BCUT2D eigenvalue weighted by atomic mass is 10.1. The van der Waals surface area contributed by atoms with Gasteiger partial charge in [0.2, 0.25) is 0 Å². The molecule has 1 aromatic carbocycles. The number of pyridine rings is 1. The van der Waals surface area contributed by atoms with Crippen LogP contribution in [0.5, 0.6) is 0 Å². The van der Waals surface area contributed by atoms with E-state index in [-0.39, 0.29) is 5.69 Å². The molecule has 3 N–H and O–H groups in total. The van der Waals surface area contributed by atoms with Gasteiger partial charge in [0.05, 0.1) is 16.6 Å². The molecule has 0 aliphatic carbocycles. The van der Waals surface area contributed by atoms with Crippen LogP contribution in [0, 0.1) is 6.20 Å². The number of carbonyl (C=O) groups excluding carboxylic acids is 1. The number of amides is 1. The molecule has 3 aromatic rings. The first-order valence-electron chi connectivity index (χ1n) is 5.38. The highest BCUT2D eigenvalue weighted by Gasteiger charge is 2.13. The van der Waals surface area contributed by atoms with Crippen molar-refractivity contribution in [1.82, 2.24) is 15.2 Å². The number of benzene rings is 1. The summed E-state index contributed by atoms with van der Waals surface area (Å²) in [6, 6.07) is 11.4. The van der Waals surface area contributed by atoms with Crippen LogP contribution < -0.4 is 5.73 Å². The van der Waals surface area contributed by atoms with Gasteiger partial charge in [-0.2, -0.15) is 5.10 Å². The first-order chi connectivity index (χ1) is 8.75. The molecule has 0 bridgehead atoms. The molecule has 3 rings (SSSR count). The van der Waals surface area contributed by atoms with E-state index in [4.69, 9.17) is 5.73 Å². The van der Waals surface area contributed by atoms with Crippen molar-refractivity contribution in [3.8, 4) is 11.3 Å². The summed E-state index contributed by atoms with van der Waals surface area (Å²) in [4.78, 5) is 15.7. The van der Waals surface area contributed by atoms with Gasteiger partial charge in [0.1, 0.15) is 11.9 Å². The number of aromatic amines is 1. The van der Waals surface area contributed by atoms with Gasteiger partial charge in [0.25, 0.3) is 5.91 Å². The summed E-state index contributed by atoms with van der Waals surface area (Å²) >= 11 is 0. The molecule has 0 unspecified atom stereocenters. The van der Waals surface area contributed by atoms with Gasteiger partial charge in [-0.25, -0.2) is 4.98 Å². The normalized spacial score (nSPS) is 10.7. The third-order valence-electron chi connectivity index (χ3n) is 2.67. The summed E-state index contributed by atoms with van der Waals surface area (Å²) in [7, 11) is 0. The number of nitrogens with two attached hydrogens (primary N) is 1. The van der Waals surface area contributed by atoms with Crippen LogP contribution in [-0.2, 0) is 0 Å². The van der Waals surface area contributed by atoms with Crippen molar-refractivity contribution in [3.63, 3.8) is 0 Å². The summed E-state index contributed by atoms with van der Waals surface area (Å²) < 4.78 is 0. The number of hydrogen-bond acceptors (Lipinski definition) is 3. The average Bonchev–Trinajstić information content (AvgIpc) is 2.86. The average molecular weight is 237 g/mol. The van der Waals surface area contributed by atoms with Crippen LogP contribution >= 0.6 is 0 Å². The Bertz CT molecular complexity index is 718. The summed E-state index contributed by atoms with van der Waals surface area (Å²) in [5.74, 6) is -0.588. The molecule has 0 saturated heterocycles. The van der Waals surface area contributed by atoms with E-state index in [0.717, 1.165) is 5.56 Å². The largest absolute Gasteiger partial charge is 0.364 e. The molecular weight excluding hydrogens is 228 g/mol. The molecule has 0 aliphatic heterocycles. The zero-order valence-electron chi connectivity index (χ0n) is 9.34. The summed E-state index contributed by atoms with van der Waals surface area (Å²) in [6.07, 6.45) is 2.68. The molecule has 1 amide bonds. The maximum Gasteiger partial charge on any atom is 0.268 e. The van der Waals surface area contributed by atoms with Gasteiger partial charge in [-0.1, -0.05) is 30.3 Å². The highest BCUT2D eigenvalue weighted by molar-refractivity contribution is 6.04. The Balaban J connectivity index is 2.29. The highest BCUT2D eigenvalue weighted by atomic mass is 16.1. The zero-order valence-corrected chi connectivity index (χ0v) is 9.34. The lowest BCUT2D eigenvalue weighted by molar-refractivity contribution is 0.0997. The van der Waals surface area contributed by atoms with E-state index < -0.39 is 5.91 Å². The van der Waals surface area contributed by atoms with E-state index >= 15 is 0 Å². The number of fused-ring (bicyclic) bond motifs is 1. The third kappa shape index (κ3) is 1.62. The number of hydrogen-bond donors (Lipinski definition) is 2. The fourth-order valence-electron chi connectivity index (χ4n) is 1.83. The van der Waals surface area contributed by atoms with Crippen LogP contribution in [0.15, 0.2) is 36.4 Å². The molecule has 87 valence electrons. The number of nitrogens with zero attached hydrogens (tertiary/aromatic N) is 2. The second-order valence-electron chi connectivity index (χ2n) is 3.84. The van der Waals surface area contributed by atoms with E-state index in [9.17, 15) is 4.79 Å². The maximum atomic E-state index is 11.4. The van der Waals surface area contributed by atoms with E-state index in [1.54, 1.807) is 0 Å². The van der Waals surface area contributed by atoms with E-state index in [2.05, 4.69) is 21.4 Å². The quantitative estimate of drug-likeness (QED) is 0.708. The standard InChI is InChI=1S/C13H9N4O/c14-13(18)12-9-7-15-17-11(9)6-10(16-12)8-4-2-1-3-5-8/h1-6H,(H2,14,18)(H,15,17). The van der Waals surface area contributed by atoms with Gasteiger partial charge in [-0.3, -0.25) is 9.89 Å². The molecule has 0 fully saturated rings. The van der Waals surface area contributed by atoms with Gasteiger partial charge in [0.15, 0.2) is 0 Å². The molecule has 2 aromatic heterocycles. The molecule has 0 aliphatic rings. The van der Waals surface area contributed by atoms with Crippen molar-refractivity contribution in [1.29, 1.82) is 0 Å². The monoisotopic (exact) mass is 237 g/mol. The van der Waals surface area contributed by atoms with E-state index in [1.165, 1.54) is 0 Å². The summed E-state index contributed by atoms with van der Waals surface area (Å²) in [6.45, 7) is 0. The number of rotatable bonds is 2. The Labute approximate surface area is 103 Å². The lowest BCUT2D eigenvalue weighted by Gasteiger charge is -2.03. The minimum absolute atomic E-state index is 0.181. The van der Waals surface area contributed by atoms with Crippen LogP contribution in [0.25, 0.3) is 22.2 Å². The predicted octanol–water partition coefficient (Wildman–Crippen LogP) is 1.52. The van der Waals surface area contributed by atoms with Crippen molar-refractivity contribution in [2.45, 2.75) is 0 Å². The van der Waals surface area contributed by atoms with Gasteiger partial charge in [-0.15, -0.1) is 0 Å². The summed E-state index contributed by atoms with van der Waals surface area (Å²) in [5.41, 5.74) is 7.78. The van der Waals surface area contributed by atoms with Crippen molar-refractivity contribution < 1.29 is 4.79 Å². The fourth-order valence-corrected chi connectivity index (χ4v) is 1.83. The Morgan fingerprint density at radius 2 is 2.06 bits per heavy atom. The lowest BCUT2D eigenvalue weighted by Crippen LogP contribution is -2.13. The van der Waals surface area contributed by atoms with Gasteiger partial charge >= 0.3 is 0 Å². The first kappa shape index (κ1) is 10.5. The van der Waals surface area contributed by atoms with E-state index in [1.807, 2.05) is 36.4 Å². The molecule has 18 heavy (non-hydrogen) atoms. The van der Waals surface area contributed by atoms with Gasteiger partial charge in [-0.05, 0) is 6.07 Å². The molecule has 0 atom stereocenters. The molecule has 1 radical (unpaired) electrons. The number of H-pyrrole nitrogens is 1.